The van der Waals surface area contributed by atoms with Gasteiger partial charge in [-0.25, -0.2) is 0 Å². The van der Waals surface area contributed by atoms with Crippen molar-refractivity contribution < 1.29 is 4.79 Å². The lowest BCUT2D eigenvalue weighted by molar-refractivity contribution is 0.0928. The second kappa shape index (κ2) is 6.26. The third-order valence-corrected chi connectivity index (χ3v) is 4.19. The monoisotopic (exact) mass is 279 g/mol. The first kappa shape index (κ1) is 14.8. The van der Waals surface area contributed by atoms with Crippen molar-refractivity contribution in [2.75, 3.05) is 31.9 Å². The number of carbonyl (C=O) groups excluding carboxylic acids is 1. The van der Waals surface area contributed by atoms with Crippen molar-refractivity contribution in [3.63, 3.8) is 0 Å². The molecule has 112 valence electrons. The highest BCUT2D eigenvalue weighted by Gasteiger charge is 2.21. The number of nitrogen functional groups attached to an aromatic ring is 1. The van der Waals surface area contributed by atoms with E-state index in [1.165, 1.54) is 0 Å². The smallest absolute Gasteiger partial charge is 0.271 e. The maximum absolute atomic E-state index is 12.2. The molecule has 0 aliphatic carbocycles. The zero-order valence-electron chi connectivity index (χ0n) is 12.6. The van der Waals surface area contributed by atoms with Gasteiger partial charge in [0.25, 0.3) is 5.91 Å². The lowest BCUT2D eigenvalue weighted by Crippen LogP contribution is -2.38. The summed E-state index contributed by atoms with van der Waals surface area (Å²) < 4.78 is 1.56. The summed E-state index contributed by atoms with van der Waals surface area (Å²) in [5.41, 5.74) is 7.54. The van der Waals surface area contributed by atoms with Crippen molar-refractivity contribution in [1.29, 1.82) is 0 Å². The molecule has 0 saturated carbocycles. The molecule has 20 heavy (non-hydrogen) atoms. The van der Waals surface area contributed by atoms with Crippen LogP contribution in [0.1, 0.15) is 35.9 Å². The summed E-state index contributed by atoms with van der Waals surface area (Å²) in [5, 5.41) is 7.17. The number of rotatable bonds is 4. The van der Waals surface area contributed by atoms with Crippen molar-refractivity contribution in [3.05, 3.63) is 11.4 Å². The molecule has 0 bridgehead atoms. The highest BCUT2D eigenvalue weighted by molar-refractivity contribution is 5.97. The minimum atomic E-state index is -0.122. The largest absolute Gasteiger partial charge is 0.395 e. The van der Waals surface area contributed by atoms with E-state index in [1.807, 2.05) is 6.92 Å². The maximum atomic E-state index is 12.2. The van der Waals surface area contributed by atoms with E-state index in [9.17, 15) is 4.79 Å². The number of piperidine rings is 1. The first-order valence-corrected chi connectivity index (χ1v) is 7.32. The second-order valence-corrected chi connectivity index (χ2v) is 5.56. The average Bonchev–Trinajstić information content (AvgIpc) is 2.70. The number of hydrogen-bond acceptors (Lipinski definition) is 4. The van der Waals surface area contributed by atoms with E-state index in [4.69, 9.17) is 5.73 Å². The van der Waals surface area contributed by atoms with Crippen molar-refractivity contribution >= 4 is 11.6 Å². The van der Waals surface area contributed by atoms with Crippen molar-refractivity contribution in [3.8, 4) is 0 Å². The van der Waals surface area contributed by atoms with Crippen LogP contribution in [0.4, 0.5) is 5.69 Å². The Labute approximate surface area is 120 Å². The van der Waals surface area contributed by atoms with Crippen molar-refractivity contribution in [2.45, 2.75) is 26.7 Å². The van der Waals surface area contributed by atoms with E-state index >= 15 is 0 Å². The van der Waals surface area contributed by atoms with Crippen LogP contribution in [0.3, 0.4) is 0 Å². The molecule has 1 fully saturated rings. The molecule has 0 radical (unpaired) electrons. The number of aryl methyl sites for hydroxylation is 2. The van der Waals surface area contributed by atoms with E-state index < -0.39 is 0 Å². The minimum Gasteiger partial charge on any atom is -0.395 e. The fourth-order valence-corrected chi connectivity index (χ4v) is 2.77. The van der Waals surface area contributed by atoms with Gasteiger partial charge < -0.3 is 16.0 Å². The Kier molecular flexibility index (Phi) is 4.65. The Morgan fingerprint density at radius 2 is 2.10 bits per heavy atom. The van der Waals surface area contributed by atoms with E-state index in [0.29, 0.717) is 23.0 Å². The van der Waals surface area contributed by atoms with Crippen LogP contribution in [0.15, 0.2) is 0 Å². The predicted octanol–water partition coefficient (Wildman–Crippen LogP) is 0.772. The zero-order chi connectivity index (χ0) is 14.7. The van der Waals surface area contributed by atoms with Crippen LogP contribution in [0.2, 0.25) is 0 Å². The maximum Gasteiger partial charge on any atom is 0.271 e. The van der Waals surface area contributed by atoms with Gasteiger partial charge >= 0.3 is 0 Å². The molecule has 6 heteroatoms. The van der Waals surface area contributed by atoms with Gasteiger partial charge in [0.2, 0.25) is 0 Å². The lowest BCUT2D eigenvalue weighted by atomic mass is 9.97. The molecule has 0 unspecified atom stereocenters. The molecule has 1 aliphatic heterocycles. The third-order valence-electron chi connectivity index (χ3n) is 4.19. The molecule has 2 heterocycles. The van der Waals surface area contributed by atoms with Gasteiger partial charge in [-0.2, -0.15) is 5.10 Å². The fraction of sp³-hybridized carbons (Fsp3) is 0.714. The Balaban J connectivity index is 1.87. The second-order valence-electron chi connectivity index (χ2n) is 5.56. The molecule has 1 aromatic rings. The Hall–Kier alpha value is -1.56. The van der Waals surface area contributed by atoms with Gasteiger partial charge in [0.1, 0.15) is 5.69 Å². The molecule has 1 amide bonds. The third kappa shape index (κ3) is 3.12. The molecule has 0 atom stereocenters. The molecule has 1 aromatic heterocycles. The van der Waals surface area contributed by atoms with E-state index in [2.05, 4.69) is 22.2 Å². The van der Waals surface area contributed by atoms with Gasteiger partial charge in [-0.1, -0.05) is 6.92 Å². The van der Waals surface area contributed by atoms with Crippen molar-refractivity contribution in [2.24, 2.45) is 13.0 Å². The number of amides is 1. The van der Waals surface area contributed by atoms with Gasteiger partial charge in [0.05, 0.1) is 11.4 Å². The number of nitrogens with zero attached hydrogens (tertiary/aromatic N) is 3. The van der Waals surface area contributed by atoms with Gasteiger partial charge in [-0.15, -0.1) is 0 Å². The SMILES string of the molecule is CCN1CCC(CNC(=O)c2c(N)c(C)nn2C)CC1. The Bertz CT molecular complexity index is 474. The molecule has 2 rings (SSSR count). The van der Waals surface area contributed by atoms with E-state index in [1.54, 1.807) is 11.7 Å². The van der Waals surface area contributed by atoms with E-state index in [-0.39, 0.29) is 5.91 Å². The first-order valence-electron chi connectivity index (χ1n) is 7.32. The summed E-state index contributed by atoms with van der Waals surface area (Å²) in [6, 6.07) is 0. The van der Waals surface area contributed by atoms with Gasteiger partial charge in [0, 0.05) is 13.6 Å². The number of nitrogens with one attached hydrogen (secondary N) is 1. The molecule has 0 spiro atoms. The highest BCUT2D eigenvalue weighted by atomic mass is 16.2. The normalized spacial score (nSPS) is 17.4. The van der Waals surface area contributed by atoms with Crippen LogP contribution in [0, 0.1) is 12.8 Å². The van der Waals surface area contributed by atoms with Gasteiger partial charge in [-0.05, 0) is 45.3 Å². The number of carbonyl (C=O) groups is 1. The van der Waals surface area contributed by atoms with Crippen molar-refractivity contribution in [1.82, 2.24) is 20.0 Å². The predicted molar refractivity (Wildman–Crippen MR) is 79.5 cm³/mol. The number of likely N-dealkylation sites (tertiary alicyclic amines) is 1. The molecule has 1 saturated heterocycles. The summed E-state index contributed by atoms with van der Waals surface area (Å²) in [5.74, 6) is 0.445. The molecular weight excluding hydrogens is 254 g/mol. The topological polar surface area (TPSA) is 76.2 Å². The molecule has 1 aliphatic rings. The Morgan fingerprint density at radius 3 is 2.60 bits per heavy atom. The number of aromatic nitrogens is 2. The molecule has 6 nitrogen and oxygen atoms in total. The summed E-state index contributed by atoms with van der Waals surface area (Å²) >= 11 is 0. The van der Waals surface area contributed by atoms with Crippen LogP contribution in [-0.2, 0) is 7.05 Å². The molecule has 0 aromatic carbocycles. The van der Waals surface area contributed by atoms with Crippen LogP contribution >= 0.6 is 0 Å². The standard InChI is InChI=1S/C14H25N5O/c1-4-19-7-5-11(6-8-19)9-16-14(20)13-12(15)10(2)17-18(13)3/h11H,4-9,15H2,1-3H3,(H,16,20). The Morgan fingerprint density at radius 1 is 1.45 bits per heavy atom. The summed E-state index contributed by atoms with van der Waals surface area (Å²) in [6.07, 6.45) is 2.29. The molecular formula is C14H25N5O. The van der Waals surface area contributed by atoms with Crippen LogP contribution in [-0.4, -0.2) is 46.8 Å². The highest BCUT2D eigenvalue weighted by Crippen LogP contribution is 2.17. The average molecular weight is 279 g/mol. The summed E-state index contributed by atoms with van der Waals surface area (Å²) in [4.78, 5) is 14.6. The summed E-state index contributed by atoms with van der Waals surface area (Å²) in [6.45, 7) is 8.10. The fourth-order valence-electron chi connectivity index (χ4n) is 2.77. The van der Waals surface area contributed by atoms with Crippen LogP contribution in [0.5, 0.6) is 0 Å². The number of anilines is 1. The molecule has 3 N–H and O–H groups in total. The van der Waals surface area contributed by atoms with Crippen LogP contribution < -0.4 is 11.1 Å². The first-order chi connectivity index (χ1) is 9.52. The number of hydrogen-bond donors (Lipinski definition) is 2. The zero-order valence-corrected chi connectivity index (χ0v) is 12.6. The van der Waals surface area contributed by atoms with E-state index in [0.717, 1.165) is 39.0 Å². The number of nitrogens with two attached hydrogens (primary N) is 1. The quantitative estimate of drug-likeness (QED) is 0.853. The van der Waals surface area contributed by atoms with Crippen LogP contribution in [0.25, 0.3) is 0 Å². The lowest BCUT2D eigenvalue weighted by Gasteiger charge is -2.31. The van der Waals surface area contributed by atoms with Gasteiger partial charge in [0.15, 0.2) is 0 Å². The van der Waals surface area contributed by atoms with Gasteiger partial charge in [-0.3, -0.25) is 9.48 Å². The summed E-state index contributed by atoms with van der Waals surface area (Å²) in [7, 11) is 1.75. The minimum absolute atomic E-state index is 0.122.